The summed E-state index contributed by atoms with van der Waals surface area (Å²) in [6.45, 7) is 6.28. The van der Waals surface area contributed by atoms with Crippen molar-refractivity contribution in [1.82, 2.24) is 0 Å². The fourth-order valence-electron chi connectivity index (χ4n) is 3.52. The Labute approximate surface area is 149 Å². The van der Waals surface area contributed by atoms with E-state index in [1.807, 2.05) is 24.3 Å². The molecule has 136 valence electrons. The summed E-state index contributed by atoms with van der Waals surface area (Å²) in [4.78, 5) is 0.0799. The van der Waals surface area contributed by atoms with Crippen LogP contribution in [0.1, 0.15) is 40.0 Å². The molecule has 5 heteroatoms. The van der Waals surface area contributed by atoms with Gasteiger partial charge in [-0.2, -0.15) is 8.42 Å². The predicted octanol–water partition coefficient (Wildman–Crippen LogP) is 5.10. The molecule has 1 fully saturated rings. The van der Waals surface area contributed by atoms with Crippen LogP contribution in [-0.4, -0.2) is 20.7 Å². The number of halogens is 1. The van der Waals surface area contributed by atoms with Crippen molar-refractivity contribution in [3.05, 3.63) is 42.5 Å². The first-order valence-corrected chi connectivity index (χ1v) is 10.1. The summed E-state index contributed by atoms with van der Waals surface area (Å²) in [6.07, 6.45) is -0.595. The minimum Gasteiger partial charge on any atom is -0.260 e. The summed E-state index contributed by atoms with van der Waals surface area (Å²) in [5.74, 6) is 0.241. The lowest BCUT2D eigenvalue weighted by molar-refractivity contribution is 0.0182. The van der Waals surface area contributed by atoms with E-state index < -0.39 is 22.4 Å². The molecule has 0 unspecified atom stereocenters. The van der Waals surface area contributed by atoms with Gasteiger partial charge in [-0.1, -0.05) is 51.1 Å². The maximum atomic E-state index is 14.5. The van der Waals surface area contributed by atoms with E-state index in [-0.39, 0.29) is 16.2 Å². The third-order valence-electron chi connectivity index (χ3n) is 5.20. The smallest absolute Gasteiger partial charge is 0.260 e. The number of hydrogen-bond acceptors (Lipinski definition) is 3. The average Bonchev–Trinajstić information content (AvgIpc) is 2.55. The van der Waals surface area contributed by atoms with Crippen molar-refractivity contribution < 1.29 is 17.0 Å². The monoisotopic (exact) mass is 364 g/mol. The average molecular weight is 364 g/mol. The van der Waals surface area contributed by atoms with Gasteiger partial charge in [0.05, 0.1) is 4.90 Å². The second-order valence-electron chi connectivity index (χ2n) is 7.99. The molecule has 0 aromatic heterocycles. The van der Waals surface area contributed by atoms with E-state index in [0.717, 1.165) is 17.2 Å². The molecule has 2 aromatic carbocycles. The van der Waals surface area contributed by atoms with E-state index in [9.17, 15) is 12.8 Å². The number of fused-ring (bicyclic) bond motifs is 1. The standard InChI is InChI=1S/C20H25FO3S/c1-20(2,3)16-9-11-19(18(21)13-16)24-25(22,23)17-10-8-14-6-4-5-7-15(14)12-17/h4-8,10,12,16,18-19H,9,11,13H2,1-3H3/t16-,18-,19-/m0/s1. The predicted molar refractivity (Wildman–Crippen MR) is 97.7 cm³/mol. The maximum absolute atomic E-state index is 14.5. The van der Waals surface area contributed by atoms with Crippen molar-refractivity contribution in [2.45, 2.75) is 57.2 Å². The first-order chi connectivity index (χ1) is 11.7. The molecule has 0 amide bonds. The Balaban J connectivity index is 1.77. The van der Waals surface area contributed by atoms with E-state index in [4.69, 9.17) is 4.18 Å². The number of hydrogen-bond donors (Lipinski definition) is 0. The van der Waals surface area contributed by atoms with Crippen molar-refractivity contribution in [1.29, 1.82) is 0 Å². The van der Waals surface area contributed by atoms with Crippen LogP contribution < -0.4 is 0 Å². The minimum absolute atomic E-state index is 0.0204. The van der Waals surface area contributed by atoms with Crippen LogP contribution >= 0.6 is 0 Å². The Bertz CT molecular complexity index is 855. The Morgan fingerprint density at radius 2 is 1.72 bits per heavy atom. The third kappa shape index (κ3) is 4.04. The molecule has 2 aromatic rings. The summed E-state index contributed by atoms with van der Waals surface area (Å²) in [6, 6.07) is 12.4. The van der Waals surface area contributed by atoms with Crippen LogP contribution in [0.2, 0.25) is 0 Å². The molecule has 3 nitrogen and oxygen atoms in total. The first-order valence-electron chi connectivity index (χ1n) is 8.73. The van der Waals surface area contributed by atoms with Gasteiger partial charge in [0.2, 0.25) is 0 Å². The van der Waals surface area contributed by atoms with E-state index >= 15 is 0 Å². The van der Waals surface area contributed by atoms with Gasteiger partial charge in [-0.25, -0.2) is 4.39 Å². The molecule has 1 aliphatic rings. The molecule has 1 aliphatic carbocycles. The Morgan fingerprint density at radius 3 is 2.36 bits per heavy atom. The Hall–Kier alpha value is -1.46. The minimum atomic E-state index is -3.98. The SMILES string of the molecule is CC(C)(C)[C@H]1CC[C@H](OS(=O)(=O)c2ccc3ccccc3c2)[C@@H](F)C1. The van der Waals surface area contributed by atoms with Gasteiger partial charge in [0.25, 0.3) is 10.1 Å². The topological polar surface area (TPSA) is 43.4 Å². The maximum Gasteiger partial charge on any atom is 0.297 e. The molecule has 3 atom stereocenters. The lowest BCUT2D eigenvalue weighted by Gasteiger charge is -2.38. The molecule has 25 heavy (non-hydrogen) atoms. The highest BCUT2D eigenvalue weighted by atomic mass is 32.2. The summed E-state index contributed by atoms with van der Waals surface area (Å²) < 4.78 is 45.0. The van der Waals surface area contributed by atoms with Crippen molar-refractivity contribution in [2.75, 3.05) is 0 Å². The van der Waals surface area contributed by atoms with E-state index in [1.165, 1.54) is 6.07 Å². The third-order valence-corrected chi connectivity index (χ3v) is 6.53. The molecular weight excluding hydrogens is 339 g/mol. The van der Waals surface area contributed by atoms with Gasteiger partial charge >= 0.3 is 0 Å². The van der Waals surface area contributed by atoms with Crippen molar-refractivity contribution in [3.63, 3.8) is 0 Å². The van der Waals surface area contributed by atoms with Crippen LogP contribution in [0.25, 0.3) is 10.8 Å². The van der Waals surface area contributed by atoms with Gasteiger partial charge in [0, 0.05) is 0 Å². The van der Waals surface area contributed by atoms with Gasteiger partial charge in [0.1, 0.15) is 12.3 Å². The molecule has 0 aliphatic heterocycles. The van der Waals surface area contributed by atoms with Gasteiger partial charge < -0.3 is 0 Å². The lowest BCUT2D eigenvalue weighted by atomic mass is 9.71. The fourth-order valence-corrected chi connectivity index (χ4v) is 4.68. The second-order valence-corrected chi connectivity index (χ2v) is 9.56. The molecule has 0 radical (unpaired) electrons. The van der Waals surface area contributed by atoms with E-state index in [2.05, 4.69) is 20.8 Å². The van der Waals surface area contributed by atoms with Crippen LogP contribution in [0.3, 0.4) is 0 Å². The quantitative estimate of drug-likeness (QED) is 0.712. The molecule has 0 heterocycles. The number of rotatable bonds is 3. The van der Waals surface area contributed by atoms with E-state index in [0.29, 0.717) is 12.8 Å². The van der Waals surface area contributed by atoms with Crippen LogP contribution in [-0.2, 0) is 14.3 Å². The molecule has 0 saturated heterocycles. The van der Waals surface area contributed by atoms with Crippen molar-refractivity contribution in [3.8, 4) is 0 Å². The number of benzene rings is 2. The van der Waals surface area contributed by atoms with Crippen LogP contribution in [0.15, 0.2) is 47.4 Å². The van der Waals surface area contributed by atoms with Gasteiger partial charge in [-0.05, 0) is 53.5 Å². The van der Waals surface area contributed by atoms with E-state index in [1.54, 1.807) is 12.1 Å². The van der Waals surface area contributed by atoms with Crippen LogP contribution in [0.4, 0.5) is 4.39 Å². The molecule has 0 N–H and O–H groups in total. The number of alkyl halides is 1. The summed E-state index contributed by atoms with van der Waals surface area (Å²) >= 11 is 0. The zero-order chi connectivity index (χ0) is 18.2. The highest BCUT2D eigenvalue weighted by Gasteiger charge is 2.38. The Kier molecular flexibility index (Phi) is 4.91. The molecule has 3 rings (SSSR count). The van der Waals surface area contributed by atoms with Gasteiger partial charge in [-0.15, -0.1) is 0 Å². The zero-order valence-corrected chi connectivity index (χ0v) is 15.7. The molecule has 0 bridgehead atoms. The highest BCUT2D eigenvalue weighted by molar-refractivity contribution is 7.86. The molecule has 0 spiro atoms. The van der Waals surface area contributed by atoms with Crippen molar-refractivity contribution >= 4 is 20.9 Å². The normalized spacial score (nSPS) is 25.2. The summed E-state index contributed by atoms with van der Waals surface area (Å²) in [7, 11) is -3.98. The zero-order valence-electron chi connectivity index (χ0n) is 14.9. The summed E-state index contributed by atoms with van der Waals surface area (Å²) in [5, 5.41) is 1.77. The van der Waals surface area contributed by atoms with Crippen LogP contribution in [0, 0.1) is 11.3 Å². The Morgan fingerprint density at radius 1 is 1.04 bits per heavy atom. The van der Waals surface area contributed by atoms with Gasteiger partial charge in [0.15, 0.2) is 0 Å². The lowest BCUT2D eigenvalue weighted by Crippen LogP contribution is -2.38. The van der Waals surface area contributed by atoms with Gasteiger partial charge in [-0.3, -0.25) is 4.18 Å². The summed E-state index contributed by atoms with van der Waals surface area (Å²) in [5.41, 5.74) is 0.0204. The molecule has 1 saturated carbocycles. The second kappa shape index (κ2) is 6.69. The largest absolute Gasteiger partial charge is 0.297 e. The highest BCUT2D eigenvalue weighted by Crippen LogP contribution is 2.40. The van der Waals surface area contributed by atoms with Crippen molar-refractivity contribution in [2.24, 2.45) is 11.3 Å². The first kappa shape index (κ1) is 18.3. The van der Waals surface area contributed by atoms with Crippen LogP contribution in [0.5, 0.6) is 0 Å². The fraction of sp³-hybridized carbons (Fsp3) is 0.500. The molecular formula is C20H25FO3S.